The van der Waals surface area contributed by atoms with Crippen molar-refractivity contribution in [2.45, 2.75) is 38.8 Å². The van der Waals surface area contributed by atoms with Crippen LogP contribution in [0.2, 0.25) is 0 Å². The minimum absolute atomic E-state index is 0.133. The molecular weight excluding hydrogens is 217 g/mol. The summed E-state index contributed by atoms with van der Waals surface area (Å²) in [5.74, 6) is -4.64. The smallest absolute Gasteiger partial charge is 0.330 e. The van der Waals surface area contributed by atoms with Gasteiger partial charge in [0.15, 0.2) is 0 Å². The number of hydrogen-bond donors (Lipinski definition) is 1. The first-order chi connectivity index (χ1) is 6.47. The molecule has 0 aromatic carbocycles. The van der Waals surface area contributed by atoms with Gasteiger partial charge in [-0.2, -0.15) is 22.0 Å². The summed E-state index contributed by atoms with van der Waals surface area (Å²) < 4.78 is 61.6. The molecule has 0 spiro atoms. The van der Waals surface area contributed by atoms with Crippen LogP contribution >= 0.6 is 0 Å². The molecule has 1 aliphatic rings. The third kappa shape index (κ3) is 1.96. The maximum absolute atomic E-state index is 12.8. The summed E-state index contributed by atoms with van der Waals surface area (Å²) in [5.41, 5.74) is 3.71. The Bertz CT molecular complexity index is 258. The molecule has 0 aliphatic heterocycles. The van der Waals surface area contributed by atoms with Crippen LogP contribution < -0.4 is 5.73 Å². The van der Waals surface area contributed by atoms with Crippen molar-refractivity contribution < 1.29 is 22.0 Å². The van der Waals surface area contributed by atoms with Gasteiger partial charge < -0.3 is 5.73 Å². The predicted molar refractivity (Wildman–Crippen MR) is 45.5 cm³/mol. The lowest BCUT2D eigenvalue weighted by Gasteiger charge is -2.26. The van der Waals surface area contributed by atoms with Crippen LogP contribution in [0.4, 0.5) is 22.0 Å². The van der Waals surface area contributed by atoms with Crippen molar-refractivity contribution in [1.29, 1.82) is 0 Å². The fraction of sp³-hybridized carbons (Fsp3) is 1.00. The molecule has 1 rings (SSSR count). The summed E-state index contributed by atoms with van der Waals surface area (Å²) in [5, 5.41) is 0. The number of alkyl halides is 5. The number of rotatable bonds is 3. The van der Waals surface area contributed by atoms with E-state index in [2.05, 4.69) is 0 Å². The van der Waals surface area contributed by atoms with Gasteiger partial charge in [-0.05, 0) is 23.8 Å². The summed E-state index contributed by atoms with van der Waals surface area (Å²) in [6, 6.07) is 0. The number of halogens is 5. The van der Waals surface area contributed by atoms with E-state index in [-0.39, 0.29) is 6.54 Å². The molecule has 0 saturated heterocycles. The average Bonchev–Trinajstić information content (AvgIpc) is 2.50. The highest BCUT2D eigenvalue weighted by atomic mass is 19.4. The molecule has 1 fully saturated rings. The van der Waals surface area contributed by atoms with Crippen LogP contribution in [0.5, 0.6) is 0 Å². The van der Waals surface area contributed by atoms with E-state index in [1.165, 1.54) is 0 Å². The minimum Gasteiger partial charge on any atom is -0.330 e. The topological polar surface area (TPSA) is 26.0 Å². The lowest BCUT2D eigenvalue weighted by atomic mass is 9.89. The Morgan fingerprint density at radius 3 is 1.73 bits per heavy atom. The Labute approximate surface area is 84.8 Å². The molecule has 1 atom stereocenters. The molecule has 1 nitrogen and oxygen atoms in total. The molecule has 0 amide bonds. The van der Waals surface area contributed by atoms with E-state index < -0.39 is 29.3 Å². The molecule has 0 aromatic rings. The molecule has 6 heteroatoms. The predicted octanol–water partition coefficient (Wildman–Crippen LogP) is 2.95. The normalized spacial score (nSPS) is 30.4. The fourth-order valence-electron chi connectivity index (χ4n) is 2.05. The van der Waals surface area contributed by atoms with Gasteiger partial charge in [-0.1, -0.05) is 13.8 Å². The zero-order valence-electron chi connectivity index (χ0n) is 8.59. The van der Waals surface area contributed by atoms with E-state index >= 15 is 0 Å². The second-order valence-electron chi connectivity index (χ2n) is 4.92. The van der Waals surface area contributed by atoms with Gasteiger partial charge in [-0.15, -0.1) is 0 Å². The van der Waals surface area contributed by atoms with E-state index in [1.54, 1.807) is 13.8 Å². The Morgan fingerprint density at radius 2 is 1.53 bits per heavy atom. The van der Waals surface area contributed by atoms with Crippen molar-refractivity contribution >= 4 is 0 Å². The standard InChI is InChI=1S/C9H14F5N/c1-6(2)3-7(6,5-15)4-8(10,11)9(12,13)14/h3-5,15H2,1-2H3. The fourth-order valence-corrected chi connectivity index (χ4v) is 2.05. The van der Waals surface area contributed by atoms with Gasteiger partial charge in [0.2, 0.25) is 0 Å². The van der Waals surface area contributed by atoms with Gasteiger partial charge in [0.25, 0.3) is 0 Å². The highest BCUT2D eigenvalue weighted by Crippen LogP contribution is 2.67. The average molecular weight is 231 g/mol. The molecule has 0 bridgehead atoms. The highest BCUT2D eigenvalue weighted by Gasteiger charge is 2.69. The van der Waals surface area contributed by atoms with Crippen LogP contribution in [0.15, 0.2) is 0 Å². The zero-order chi connectivity index (χ0) is 12.1. The van der Waals surface area contributed by atoms with E-state index in [0.29, 0.717) is 6.42 Å². The summed E-state index contributed by atoms with van der Waals surface area (Å²) >= 11 is 0. The summed E-state index contributed by atoms with van der Waals surface area (Å²) in [6.45, 7) is 3.18. The molecule has 0 heterocycles. The monoisotopic (exact) mass is 231 g/mol. The maximum atomic E-state index is 12.8. The SMILES string of the molecule is CC1(C)CC1(CN)CC(F)(F)C(F)(F)F. The van der Waals surface area contributed by atoms with E-state index in [0.717, 1.165) is 0 Å². The van der Waals surface area contributed by atoms with Crippen LogP contribution in [-0.2, 0) is 0 Å². The Morgan fingerprint density at radius 1 is 1.13 bits per heavy atom. The molecule has 0 aromatic heterocycles. The van der Waals surface area contributed by atoms with E-state index in [1.807, 2.05) is 0 Å². The zero-order valence-corrected chi connectivity index (χ0v) is 8.59. The lowest BCUT2D eigenvalue weighted by molar-refractivity contribution is -0.289. The minimum atomic E-state index is -5.48. The van der Waals surface area contributed by atoms with Crippen LogP contribution in [0.3, 0.4) is 0 Å². The Balaban J connectivity index is 2.79. The van der Waals surface area contributed by atoms with Crippen molar-refractivity contribution in [2.75, 3.05) is 6.54 Å². The molecule has 1 aliphatic carbocycles. The summed E-state index contributed by atoms with van der Waals surface area (Å²) in [7, 11) is 0. The van der Waals surface area contributed by atoms with Crippen molar-refractivity contribution in [3.63, 3.8) is 0 Å². The highest BCUT2D eigenvalue weighted by molar-refractivity contribution is 5.12. The third-order valence-corrected chi connectivity index (χ3v) is 3.46. The molecule has 90 valence electrons. The van der Waals surface area contributed by atoms with Gasteiger partial charge in [0.05, 0.1) is 0 Å². The second kappa shape index (κ2) is 3.06. The Kier molecular flexibility index (Phi) is 2.58. The summed E-state index contributed by atoms with van der Waals surface area (Å²) in [4.78, 5) is 0. The van der Waals surface area contributed by atoms with E-state index in [9.17, 15) is 22.0 Å². The first kappa shape index (κ1) is 12.7. The van der Waals surface area contributed by atoms with Crippen LogP contribution in [0, 0.1) is 10.8 Å². The number of nitrogens with two attached hydrogens (primary N) is 1. The van der Waals surface area contributed by atoms with Gasteiger partial charge in [-0.3, -0.25) is 0 Å². The largest absolute Gasteiger partial charge is 0.453 e. The van der Waals surface area contributed by atoms with Crippen LogP contribution in [0.25, 0.3) is 0 Å². The first-order valence-corrected chi connectivity index (χ1v) is 4.62. The van der Waals surface area contributed by atoms with Crippen molar-refractivity contribution in [3.8, 4) is 0 Å². The second-order valence-corrected chi connectivity index (χ2v) is 4.92. The van der Waals surface area contributed by atoms with Gasteiger partial charge >= 0.3 is 12.1 Å². The molecule has 1 saturated carbocycles. The van der Waals surface area contributed by atoms with Crippen molar-refractivity contribution in [3.05, 3.63) is 0 Å². The van der Waals surface area contributed by atoms with Crippen molar-refractivity contribution in [1.82, 2.24) is 0 Å². The molecule has 1 unspecified atom stereocenters. The van der Waals surface area contributed by atoms with Gasteiger partial charge in [0.1, 0.15) is 0 Å². The molecule has 2 N–H and O–H groups in total. The van der Waals surface area contributed by atoms with Crippen LogP contribution in [-0.4, -0.2) is 18.6 Å². The molecular formula is C9H14F5N. The van der Waals surface area contributed by atoms with Gasteiger partial charge in [-0.25, -0.2) is 0 Å². The Hall–Kier alpha value is -0.390. The quantitative estimate of drug-likeness (QED) is 0.742. The van der Waals surface area contributed by atoms with E-state index in [4.69, 9.17) is 5.73 Å². The maximum Gasteiger partial charge on any atom is 0.453 e. The van der Waals surface area contributed by atoms with Crippen molar-refractivity contribution in [2.24, 2.45) is 16.6 Å². The molecule has 15 heavy (non-hydrogen) atoms. The number of hydrogen-bond acceptors (Lipinski definition) is 1. The lowest BCUT2D eigenvalue weighted by Crippen LogP contribution is -2.41. The van der Waals surface area contributed by atoms with Gasteiger partial charge in [0, 0.05) is 6.42 Å². The third-order valence-electron chi connectivity index (χ3n) is 3.46. The van der Waals surface area contributed by atoms with Crippen LogP contribution in [0.1, 0.15) is 26.7 Å². The summed E-state index contributed by atoms with van der Waals surface area (Å²) in [6.07, 6.45) is -6.36. The molecule has 0 radical (unpaired) electrons. The first-order valence-electron chi connectivity index (χ1n) is 4.62.